The number of methoxy groups -OCH3 is 1. The Morgan fingerprint density at radius 1 is 1.53 bits per heavy atom. The van der Waals surface area contributed by atoms with Crippen LogP contribution in [0.3, 0.4) is 0 Å². The fourth-order valence-electron chi connectivity index (χ4n) is 1.77. The first-order valence-corrected chi connectivity index (χ1v) is 5.39. The summed E-state index contributed by atoms with van der Waals surface area (Å²) in [5.41, 5.74) is -0.741. The number of rotatable bonds is 2. The first kappa shape index (κ1) is 14.5. The third-order valence-corrected chi connectivity index (χ3v) is 2.79. The lowest BCUT2D eigenvalue weighted by Gasteiger charge is -2.38. The molecule has 0 aliphatic carbocycles. The standard InChI is InChI=1S/C9H13ClF3NO3/c1-4-7(16-2)5(3-6(10)17-4)14-8(15)9(11,12)13/h4-7H,3H2,1-2H3,(H,14,15)/t4-,5-,6?,7-/m0/s1. The molecule has 1 saturated heterocycles. The van der Waals surface area contributed by atoms with Crippen molar-refractivity contribution in [2.45, 2.75) is 43.3 Å². The molecule has 1 amide bonds. The van der Waals surface area contributed by atoms with Crippen LogP contribution in [0.15, 0.2) is 0 Å². The second kappa shape index (κ2) is 5.41. The van der Waals surface area contributed by atoms with Gasteiger partial charge in [0.2, 0.25) is 0 Å². The van der Waals surface area contributed by atoms with E-state index in [1.807, 2.05) is 5.32 Å². The van der Waals surface area contributed by atoms with Gasteiger partial charge in [-0.25, -0.2) is 0 Å². The SMILES string of the molecule is CO[C@@H]1[C@@H](NC(=O)C(F)(F)F)CC(Cl)O[C@H]1C. The Morgan fingerprint density at radius 2 is 2.12 bits per heavy atom. The van der Waals surface area contributed by atoms with Crippen molar-refractivity contribution >= 4 is 17.5 Å². The summed E-state index contributed by atoms with van der Waals surface area (Å²) in [5, 5.41) is 1.87. The van der Waals surface area contributed by atoms with Gasteiger partial charge in [0, 0.05) is 13.5 Å². The minimum atomic E-state index is -4.92. The number of nitrogens with one attached hydrogen (secondary N) is 1. The summed E-state index contributed by atoms with van der Waals surface area (Å²) in [6.07, 6.45) is -6.00. The van der Waals surface area contributed by atoms with Gasteiger partial charge >= 0.3 is 12.1 Å². The molecule has 0 aromatic rings. The van der Waals surface area contributed by atoms with E-state index in [2.05, 4.69) is 0 Å². The summed E-state index contributed by atoms with van der Waals surface area (Å²) in [5.74, 6) is -2.00. The van der Waals surface area contributed by atoms with Crippen molar-refractivity contribution in [1.82, 2.24) is 5.32 Å². The second-order valence-electron chi connectivity index (χ2n) is 3.76. The predicted octanol–water partition coefficient (Wildman–Crippen LogP) is 1.42. The van der Waals surface area contributed by atoms with Crippen molar-refractivity contribution in [1.29, 1.82) is 0 Å². The lowest BCUT2D eigenvalue weighted by Crippen LogP contribution is -2.56. The molecule has 0 aromatic carbocycles. The van der Waals surface area contributed by atoms with E-state index in [1.165, 1.54) is 7.11 Å². The van der Waals surface area contributed by atoms with E-state index in [4.69, 9.17) is 21.1 Å². The van der Waals surface area contributed by atoms with Crippen LogP contribution in [0.4, 0.5) is 13.2 Å². The number of hydrogen-bond acceptors (Lipinski definition) is 3. The summed E-state index contributed by atoms with van der Waals surface area (Å²) >= 11 is 5.72. The number of hydrogen-bond donors (Lipinski definition) is 1. The topological polar surface area (TPSA) is 47.6 Å². The molecule has 0 bridgehead atoms. The van der Waals surface area contributed by atoms with Crippen molar-refractivity contribution < 1.29 is 27.4 Å². The van der Waals surface area contributed by atoms with Gasteiger partial charge in [0.1, 0.15) is 11.7 Å². The third-order valence-electron chi connectivity index (χ3n) is 2.51. The smallest absolute Gasteiger partial charge is 0.377 e. The van der Waals surface area contributed by atoms with E-state index in [-0.39, 0.29) is 6.42 Å². The molecule has 1 rings (SSSR count). The van der Waals surface area contributed by atoms with E-state index < -0.39 is 35.9 Å². The summed E-state index contributed by atoms with van der Waals surface area (Å²) < 4.78 is 46.5. The summed E-state index contributed by atoms with van der Waals surface area (Å²) in [4.78, 5) is 10.8. The maximum Gasteiger partial charge on any atom is 0.471 e. The maximum absolute atomic E-state index is 12.1. The second-order valence-corrected chi connectivity index (χ2v) is 4.25. The fraction of sp³-hybridized carbons (Fsp3) is 0.889. The molecule has 0 radical (unpaired) electrons. The van der Waals surface area contributed by atoms with Crippen molar-refractivity contribution in [3.63, 3.8) is 0 Å². The summed E-state index contributed by atoms with van der Waals surface area (Å²) in [7, 11) is 1.34. The molecule has 0 aromatic heterocycles. The molecule has 4 atom stereocenters. The summed E-state index contributed by atoms with van der Waals surface area (Å²) in [6, 6.07) is -0.819. The minimum absolute atomic E-state index is 0.0617. The molecule has 1 fully saturated rings. The lowest BCUT2D eigenvalue weighted by atomic mass is 10.00. The number of carbonyl (C=O) groups is 1. The van der Waals surface area contributed by atoms with E-state index in [9.17, 15) is 18.0 Å². The largest absolute Gasteiger partial charge is 0.471 e. The fourth-order valence-corrected chi connectivity index (χ4v) is 2.13. The van der Waals surface area contributed by atoms with Gasteiger partial charge in [0.05, 0.1) is 12.1 Å². The van der Waals surface area contributed by atoms with Gasteiger partial charge < -0.3 is 14.8 Å². The van der Waals surface area contributed by atoms with Gasteiger partial charge in [-0.1, -0.05) is 11.6 Å². The zero-order valence-corrected chi connectivity index (χ0v) is 10.0. The van der Waals surface area contributed by atoms with E-state index in [1.54, 1.807) is 6.92 Å². The Labute approximate surface area is 101 Å². The average Bonchev–Trinajstić information content (AvgIpc) is 2.15. The molecule has 1 N–H and O–H groups in total. The quantitative estimate of drug-likeness (QED) is 0.776. The van der Waals surface area contributed by atoms with Crippen LogP contribution in [0.5, 0.6) is 0 Å². The van der Waals surface area contributed by atoms with Crippen molar-refractivity contribution in [2.24, 2.45) is 0 Å². The van der Waals surface area contributed by atoms with Crippen molar-refractivity contribution in [3.8, 4) is 0 Å². The molecule has 0 saturated carbocycles. The molecule has 100 valence electrons. The first-order chi connectivity index (χ1) is 7.75. The van der Waals surface area contributed by atoms with Crippen LogP contribution in [0.1, 0.15) is 13.3 Å². The third kappa shape index (κ3) is 3.72. The van der Waals surface area contributed by atoms with Crippen LogP contribution in [0.25, 0.3) is 0 Å². The molecule has 17 heavy (non-hydrogen) atoms. The molecule has 4 nitrogen and oxygen atoms in total. The van der Waals surface area contributed by atoms with E-state index in [0.29, 0.717) is 0 Å². The van der Waals surface area contributed by atoms with Gasteiger partial charge in [-0.3, -0.25) is 4.79 Å². The molecular weight excluding hydrogens is 263 g/mol. The van der Waals surface area contributed by atoms with Crippen LogP contribution in [-0.2, 0) is 14.3 Å². The van der Waals surface area contributed by atoms with Gasteiger partial charge in [-0.05, 0) is 6.92 Å². The van der Waals surface area contributed by atoms with E-state index in [0.717, 1.165) is 0 Å². The highest BCUT2D eigenvalue weighted by atomic mass is 35.5. The molecule has 1 aliphatic heterocycles. The highest BCUT2D eigenvalue weighted by Gasteiger charge is 2.43. The normalized spacial score (nSPS) is 34.5. The van der Waals surface area contributed by atoms with Crippen LogP contribution >= 0.6 is 11.6 Å². The Kier molecular flexibility index (Phi) is 4.62. The minimum Gasteiger partial charge on any atom is -0.377 e. The Morgan fingerprint density at radius 3 is 2.59 bits per heavy atom. The maximum atomic E-state index is 12.1. The van der Waals surface area contributed by atoms with Gasteiger partial charge in [0.25, 0.3) is 0 Å². The number of ether oxygens (including phenoxy) is 2. The Balaban J connectivity index is 2.69. The Hall–Kier alpha value is -0.530. The average molecular weight is 276 g/mol. The lowest BCUT2D eigenvalue weighted by molar-refractivity contribution is -0.178. The first-order valence-electron chi connectivity index (χ1n) is 4.95. The molecule has 1 aliphatic rings. The van der Waals surface area contributed by atoms with Crippen LogP contribution in [0.2, 0.25) is 0 Å². The highest BCUT2D eigenvalue weighted by molar-refractivity contribution is 6.19. The monoisotopic (exact) mass is 275 g/mol. The van der Waals surface area contributed by atoms with Crippen LogP contribution in [0, 0.1) is 0 Å². The van der Waals surface area contributed by atoms with Gasteiger partial charge in [-0.15, -0.1) is 0 Å². The molecule has 1 unspecified atom stereocenters. The predicted molar refractivity (Wildman–Crippen MR) is 53.6 cm³/mol. The highest BCUT2D eigenvalue weighted by Crippen LogP contribution is 2.25. The van der Waals surface area contributed by atoms with Crippen LogP contribution in [-0.4, -0.2) is 43.0 Å². The van der Waals surface area contributed by atoms with Crippen LogP contribution < -0.4 is 5.32 Å². The number of halogens is 4. The number of amides is 1. The zero-order chi connectivity index (χ0) is 13.2. The van der Waals surface area contributed by atoms with Crippen molar-refractivity contribution in [3.05, 3.63) is 0 Å². The van der Waals surface area contributed by atoms with E-state index >= 15 is 0 Å². The van der Waals surface area contributed by atoms with Gasteiger partial charge in [-0.2, -0.15) is 13.2 Å². The molecule has 0 spiro atoms. The number of carbonyl (C=O) groups excluding carboxylic acids is 1. The number of alkyl halides is 4. The molecular formula is C9H13ClF3NO3. The summed E-state index contributed by atoms with van der Waals surface area (Å²) in [6.45, 7) is 1.62. The Bertz CT molecular complexity index is 287. The zero-order valence-electron chi connectivity index (χ0n) is 9.25. The van der Waals surface area contributed by atoms with Crippen molar-refractivity contribution in [2.75, 3.05) is 7.11 Å². The van der Waals surface area contributed by atoms with Gasteiger partial charge in [0.15, 0.2) is 0 Å². The molecule has 1 heterocycles. The molecule has 8 heteroatoms.